The third kappa shape index (κ3) is 2.92. The Kier molecular flexibility index (Phi) is 5.53. The van der Waals surface area contributed by atoms with Crippen LogP contribution in [0.5, 0.6) is 0 Å². The average Bonchev–Trinajstić information content (AvgIpc) is 2.50. The second-order valence-electron chi connectivity index (χ2n) is 7.22. The van der Waals surface area contributed by atoms with Gasteiger partial charge in [0.2, 0.25) is 0 Å². The molecule has 2 heteroatoms. The third-order valence-electron chi connectivity index (χ3n) is 6.38. The van der Waals surface area contributed by atoms with Gasteiger partial charge in [0.15, 0.2) is 0 Å². The fourth-order valence-electron chi connectivity index (χ4n) is 4.72. The van der Waals surface area contributed by atoms with Gasteiger partial charge >= 0.3 is 0 Å². The summed E-state index contributed by atoms with van der Waals surface area (Å²) in [6.07, 6.45) is 12.3. The van der Waals surface area contributed by atoms with Crippen molar-refractivity contribution in [3.8, 4) is 0 Å². The number of hydrogen-bond acceptors (Lipinski definition) is 2. The molecule has 0 amide bonds. The van der Waals surface area contributed by atoms with Crippen molar-refractivity contribution in [3.63, 3.8) is 0 Å². The number of nitrogens with one attached hydrogen (secondary N) is 1. The molecule has 1 spiro atoms. The quantitative estimate of drug-likeness (QED) is 0.806. The average molecular weight is 280 g/mol. The Morgan fingerprint density at radius 1 is 0.950 bits per heavy atom. The summed E-state index contributed by atoms with van der Waals surface area (Å²) in [7, 11) is 0. The van der Waals surface area contributed by atoms with Gasteiger partial charge in [-0.3, -0.25) is 4.90 Å². The minimum atomic E-state index is 0.402. The van der Waals surface area contributed by atoms with Crippen LogP contribution in [-0.4, -0.2) is 35.1 Å². The molecular formula is C18H36N2. The molecule has 20 heavy (non-hydrogen) atoms. The smallest absolute Gasteiger partial charge is 0.0332 e. The number of nitrogens with zero attached hydrogens (tertiary/aromatic N) is 1. The van der Waals surface area contributed by atoms with E-state index in [4.69, 9.17) is 0 Å². The van der Waals surface area contributed by atoms with E-state index < -0.39 is 0 Å². The van der Waals surface area contributed by atoms with E-state index in [-0.39, 0.29) is 0 Å². The van der Waals surface area contributed by atoms with E-state index in [1.165, 1.54) is 70.9 Å². The monoisotopic (exact) mass is 280 g/mol. The Labute approximate surface area is 126 Å². The van der Waals surface area contributed by atoms with Crippen molar-refractivity contribution < 1.29 is 0 Å². The lowest BCUT2D eigenvalue weighted by molar-refractivity contribution is -0.0448. The van der Waals surface area contributed by atoms with Crippen LogP contribution in [0.15, 0.2) is 0 Å². The lowest BCUT2D eigenvalue weighted by atomic mass is 9.75. The molecule has 2 rings (SSSR count). The molecule has 2 nitrogen and oxygen atoms in total. The maximum atomic E-state index is 4.02. The third-order valence-corrected chi connectivity index (χ3v) is 6.38. The van der Waals surface area contributed by atoms with Gasteiger partial charge in [0.05, 0.1) is 0 Å². The topological polar surface area (TPSA) is 15.3 Å². The summed E-state index contributed by atoms with van der Waals surface area (Å²) in [5.74, 6) is 0. The first-order valence-electron chi connectivity index (χ1n) is 9.17. The summed E-state index contributed by atoms with van der Waals surface area (Å²) in [6, 6.07) is 0.774. The summed E-state index contributed by atoms with van der Waals surface area (Å²) >= 11 is 0. The van der Waals surface area contributed by atoms with Gasteiger partial charge in [-0.25, -0.2) is 0 Å². The van der Waals surface area contributed by atoms with Gasteiger partial charge in [-0.05, 0) is 38.5 Å². The van der Waals surface area contributed by atoms with E-state index in [2.05, 4.69) is 37.9 Å². The Hall–Kier alpha value is -0.0800. The standard InChI is InChI=1S/C18H36N2/c1-5-16(6-2)20-15-17(12-10-9-11-13-17)19-14-18(20,7-3)8-4/h16,19H,5-15H2,1-4H3. The molecule has 0 aromatic rings. The number of hydrogen-bond donors (Lipinski definition) is 1. The predicted octanol–water partition coefficient (Wildman–Crippen LogP) is 4.34. The van der Waals surface area contributed by atoms with Gasteiger partial charge in [-0.15, -0.1) is 0 Å². The van der Waals surface area contributed by atoms with Crippen LogP contribution in [0.2, 0.25) is 0 Å². The van der Waals surface area contributed by atoms with Crippen LogP contribution >= 0.6 is 0 Å². The molecule has 1 heterocycles. The lowest BCUT2D eigenvalue weighted by Crippen LogP contribution is -2.71. The largest absolute Gasteiger partial charge is 0.308 e. The van der Waals surface area contributed by atoms with Crippen molar-refractivity contribution in [2.75, 3.05) is 13.1 Å². The molecule has 0 aromatic heterocycles. The molecule has 1 saturated heterocycles. The van der Waals surface area contributed by atoms with Gasteiger partial charge in [-0.2, -0.15) is 0 Å². The Balaban J connectivity index is 2.22. The van der Waals surface area contributed by atoms with E-state index in [9.17, 15) is 0 Å². The lowest BCUT2D eigenvalue weighted by Gasteiger charge is -2.58. The van der Waals surface area contributed by atoms with Crippen molar-refractivity contribution >= 4 is 0 Å². The summed E-state index contributed by atoms with van der Waals surface area (Å²) in [5.41, 5.74) is 0.841. The molecule has 2 aliphatic rings. The minimum Gasteiger partial charge on any atom is -0.308 e. The Morgan fingerprint density at radius 2 is 1.55 bits per heavy atom. The molecule has 0 unspecified atom stereocenters. The first kappa shape index (κ1) is 16.3. The zero-order valence-corrected chi connectivity index (χ0v) is 14.3. The molecule has 2 fully saturated rings. The molecular weight excluding hydrogens is 244 g/mol. The molecule has 1 N–H and O–H groups in total. The van der Waals surface area contributed by atoms with Crippen molar-refractivity contribution in [2.24, 2.45) is 0 Å². The predicted molar refractivity (Wildman–Crippen MR) is 88.2 cm³/mol. The Morgan fingerprint density at radius 3 is 2.05 bits per heavy atom. The zero-order chi connectivity index (χ0) is 14.6. The van der Waals surface area contributed by atoms with Crippen molar-refractivity contribution in [2.45, 2.75) is 103 Å². The highest BCUT2D eigenvalue weighted by Gasteiger charge is 2.47. The molecule has 0 atom stereocenters. The molecule has 0 aromatic carbocycles. The van der Waals surface area contributed by atoms with Crippen LogP contribution in [0, 0.1) is 0 Å². The van der Waals surface area contributed by atoms with Gasteiger partial charge in [0.1, 0.15) is 0 Å². The number of piperazine rings is 1. The van der Waals surface area contributed by atoms with Crippen LogP contribution in [-0.2, 0) is 0 Å². The molecule has 0 radical (unpaired) electrons. The maximum Gasteiger partial charge on any atom is 0.0332 e. The van der Waals surface area contributed by atoms with E-state index >= 15 is 0 Å². The second kappa shape index (κ2) is 6.79. The van der Waals surface area contributed by atoms with E-state index in [1.807, 2.05) is 0 Å². The van der Waals surface area contributed by atoms with Crippen LogP contribution in [0.1, 0.15) is 85.5 Å². The summed E-state index contributed by atoms with van der Waals surface area (Å²) in [4.78, 5) is 2.93. The van der Waals surface area contributed by atoms with E-state index in [0.717, 1.165) is 6.04 Å². The molecule has 118 valence electrons. The van der Waals surface area contributed by atoms with E-state index in [1.54, 1.807) is 0 Å². The number of rotatable bonds is 5. The van der Waals surface area contributed by atoms with Crippen molar-refractivity contribution in [1.82, 2.24) is 10.2 Å². The summed E-state index contributed by atoms with van der Waals surface area (Å²) in [6.45, 7) is 12.0. The first-order chi connectivity index (χ1) is 9.65. The first-order valence-corrected chi connectivity index (χ1v) is 9.17. The van der Waals surface area contributed by atoms with Gasteiger partial charge in [0, 0.05) is 30.2 Å². The highest BCUT2D eigenvalue weighted by atomic mass is 15.3. The fraction of sp³-hybridized carbons (Fsp3) is 1.00. The molecule has 0 bridgehead atoms. The van der Waals surface area contributed by atoms with E-state index in [0.29, 0.717) is 11.1 Å². The summed E-state index contributed by atoms with van der Waals surface area (Å²) < 4.78 is 0. The van der Waals surface area contributed by atoms with Crippen LogP contribution in [0.3, 0.4) is 0 Å². The fourth-order valence-corrected chi connectivity index (χ4v) is 4.72. The SMILES string of the molecule is CCC(CC)N1CC2(CCCCC2)NCC1(CC)CC. The highest BCUT2D eigenvalue weighted by Crippen LogP contribution is 2.39. The maximum absolute atomic E-state index is 4.02. The van der Waals surface area contributed by atoms with Crippen LogP contribution < -0.4 is 5.32 Å². The normalized spacial score (nSPS) is 26.2. The summed E-state index contributed by atoms with van der Waals surface area (Å²) in [5, 5.41) is 4.02. The second-order valence-corrected chi connectivity index (χ2v) is 7.22. The van der Waals surface area contributed by atoms with Gasteiger partial charge in [0.25, 0.3) is 0 Å². The highest BCUT2D eigenvalue weighted by molar-refractivity contribution is 5.06. The van der Waals surface area contributed by atoms with Crippen molar-refractivity contribution in [3.05, 3.63) is 0 Å². The van der Waals surface area contributed by atoms with Crippen LogP contribution in [0.25, 0.3) is 0 Å². The van der Waals surface area contributed by atoms with Gasteiger partial charge < -0.3 is 5.32 Å². The molecule has 1 aliphatic carbocycles. The Bertz CT molecular complexity index is 286. The molecule has 1 saturated carbocycles. The van der Waals surface area contributed by atoms with Gasteiger partial charge in [-0.1, -0.05) is 47.0 Å². The van der Waals surface area contributed by atoms with Crippen LogP contribution in [0.4, 0.5) is 0 Å². The molecule has 1 aliphatic heterocycles. The minimum absolute atomic E-state index is 0.402. The van der Waals surface area contributed by atoms with Crippen molar-refractivity contribution in [1.29, 1.82) is 0 Å². The zero-order valence-electron chi connectivity index (χ0n) is 14.3.